The van der Waals surface area contributed by atoms with Gasteiger partial charge in [-0.1, -0.05) is 12.1 Å². The van der Waals surface area contributed by atoms with Crippen molar-refractivity contribution in [1.82, 2.24) is 14.9 Å². The number of hydrogen-bond donors (Lipinski definition) is 1. The maximum atomic E-state index is 12.9. The number of benzene rings is 1. The van der Waals surface area contributed by atoms with Gasteiger partial charge in [0.15, 0.2) is 0 Å². The Bertz CT molecular complexity index is 630. The summed E-state index contributed by atoms with van der Waals surface area (Å²) >= 11 is 1.82. The van der Waals surface area contributed by atoms with Gasteiger partial charge in [0, 0.05) is 18.5 Å². The van der Waals surface area contributed by atoms with Gasteiger partial charge in [-0.2, -0.15) is 11.8 Å². The predicted molar refractivity (Wildman–Crippen MR) is 80.7 cm³/mol. The van der Waals surface area contributed by atoms with Gasteiger partial charge in [0.2, 0.25) is 0 Å². The van der Waals surface area contributed by atoms with Crippen molar-refractivity contribution in [3.63, 3.8) is 0 Å². The molecule has 3 rings (SSSR count). The van der Waals surface area contributed by atoms with Gasteiger partial charge in [-0.15, -0.1) is 0 Å². The molecular weight excluding hydrogens is 289 g/mol. The van der Waals surface area contributed by atoms with E-state index < -0.39 is 0 Å². The first kappa shape index (κ1) is 14.1. The first-order valence-electron chi connectivity index (χ1n) is 6.83. The summed E-state index contributed by atoms with van der Waals surface area (Å²) in [6.07, 6.45) is 1.81. The molecule has 1 aliphatic heterocycles. The number of fused-ring (bicyclic) bond motifs is 1. The van der Waals surface area contributed by atoms with Crippen LogP contribution in [0.15, 0.2) is 30.5 Å². The number of nitrogens with zero attached hydrogens (tertiary/aromatic N) is 2. The highest BCUT2D eigenvalue weighted by atomic mass is 32.2. The third-order valence-electron chi connectivity index (χ3n) is 3.52. The van der Waals surface area contributed by atoms with Gasteiger partial charge >= 0.3 is 0 Å². The van der Waals surface area contributed by atoms with Crippen molar-refractivity contribution in [3.8, 4) is 0 Å². The van der Waals surface area contributed by atoms with Gasteiger partial charge in [0.1, 0.15) is 17.3 Å². The molecule has 0 radical (unpaired) electrons. The number of imidazole rings is 1. The highest BCUT2D eigenvalue weighted by Crippen LogP contribution is 2.19. The number of hydrogen-bond acceptors (Lipinski definition) is 3. The first-order chi connectivity index (χ1) is 10.1. The van der Waals surface area contributed by atoms with Crippen LogP contribution in [-0.4, -0.2) is 21.2 Å². The van der Waals surface area contributed by atoms with Gasteiger partial charge in [-0.05, 0) is 24.6 Å². The second-order valence-electron chi connectivity index (χ2n) is 5.04. The smallest absolute Gasteiger partial charge is 0.271 e. The molecular formula is C15H16FN3OS. The molecule has 2 heterocycles. The number of aromatic nitrogens is 2. The molecule has 1 unspecified atom stereocenters. The topological polar surface area (TPSA) is 46.9 Å². The predicted octanol–water partition coefficient (Wildman–Crippen LogP) is 2.76. The van der Waals surface area contributed by atoms with Crippen molar-refractivity contribution in [3.05, 3.63) is 53.4 Å². The second-order valence-corrected chi connectivity index (χ2v) is 6.14. The van der Waals surface area contributed by atoms with Gasteiger partial charge in [-0.3, -0.25) is 4.79 Å². The lowest BCUT2D eigenvalue weighted by atomic mass is 10.1. The maximum absolute atomic E-state index is 12.9. The molecule has 6 heteroatoms. The van der Waals surface area contributed by atoms with Crippen molar-refractivity contribution < 1.29 is 9.18 Å². The minimum absolute atomic E-state index is 0.189. The van der Waals surface area contributed by atoms with Crippen LogP contribution in [0.1, 0.15) is 34.8 Å². The molecule has 1 amide bonds. The van der Waals surface area contributed by atoms with E-state index in [2.05, 4.69) is 10.3 Å². The summed E-state index contributed by atoms with van der Waals surface area (Å²) in [7, 11) is 0. The van der Waals surface area contributed by atoms with Crippen LogP contribution in [0.25, 0.3) is 0 Å². The Morgan fingerprint density at radius 3 is 2.90 bits per heavy atom. The van der Waals surface area contributed by atoms with Gasteiger partial charge < -0.3 is 9.88 Å². The average molecular weight is 305 g/mol. The van der Waals surface area contributed by atoms with Crippen LogP contribution in [0.2, 0.25) is 0 Å². The fraction of sp³-hybridized carbons (Fsp3) is 0.333. The van der Waals surface area contributed by atoms with Crippen LogP contribution >= 0.6 is 11.8 Å². The van der Waals surface area contributed by atoms with Crippen molar-refractivity contribution in [2.75, 3.05) is 5.75 Å². The maximum Gasteiger partial charge on any atom is 0.271 e. The zero-order valence-electron chi connectivity index (χ0n) is 11.7. The molecule has 1 N–H and O–H groups in total. The minimum Gasteiger partial charge on any atom is -0.344 e. The number of thioether (sulfide) groups is 1. The zero-order valence-corrected chi connectivity index (χ0v) is 12.5. The van der Waals surface area contributed by atoms with E-state index in [1.807, 2.05) is 29.4 Å². The number of carbonyl (C=O) groups excluding carboxylic acids is 1. The summed E-state index contributed by atoms with van der Waals surface area (Å²) in [6.45, 7) is 2.77. The van der Waals surface area contributed by atoms with Gasteiger partial charge in [0.25, 0.3) is 5.91 Å². The van der Waals surface area contributed by atoms with E-state index in [0.29, 0.717) is 5.69 Å². The molecule has 1 aromatic carbocycles. The summed E-state index contributed by atoms with van der Waals surface area (Å²) in [6, 6.07) is 5.95. The fourth-order valence-electron chi connectivity index (χ4n) is 2.30. The lowest BCUT2D eigenvalue weighted by Gasteiger charge is -2.13. The molecule has 1 aliphatic rings. The fourth-order valence-corrected chi connectivity index (χ4v) is 3.19. The number of carbonyl (C=O) groups is 1. The monoisotopic (exact) mass is 305 g/mol. The summed E-state index contributed by atoms with van der Waals surface area (Å²) in [5, 5.41) is 2.90. The summed E-state index contributed by atoms with van der Waals surface area (Å²) in [4.78, 5) is 16.6. The normalized spacial score (nSPS) is 15.3. The second kappa shape index (κ2) is 5.89. The summed E-state index contributed by atoms with van der Waals surface area (Å²) < 4.78 is 14.9. The van der Waals surface area contributed by atoms with Crippen LogP contribution in [-0.2, 0) is 12.3 Å². The van der Waals surface area contributed by atoms with Crippen LogP contribution in [0.3, 0.4) is 0 Å². The molecule has 2 aromatic rings. The van der Waals surface area contributed by atoms with Crippen molar-refractivity contribution in [2.24, 2.45) is 0 Å². The van der Waals surface area contributed by atoms with Crippen LogP contribution in [0, 0.1) is 5.82 Å². The van der Waals surface area contributed by atoms with E-state index in [1.54, 1.807) is 12.1 Å². The molecule has 0 aliphatic carbocycles. The van der Waals surface area contributed by atoms with Crippen molar-refractivity contribution >= 4 is 17.7 Å². The molecule has 1 aromatic heterocycles. The van der Waals surface area contributed by atoms with Crippen LogP contribution in [0.4, 0.5) is 4.39 Å². The quantitative estimate of drug-likeness (QED) is 0.948. The number of aryl methyl sites for hydroxylation is 1. The van der Waals surface area contributed by atoms with Crippen molar-refractivity contribution in [1.29, 1.82) is 0 Å². The highest BCUT2D eigenvalue weighted by Gasteiger charge is 2.18. The number of nitrogens with one attached hydrogen (secondary N) is 1. The number of rotatable bonds is 3. The lowest BCUT2D eigenvalue weighted by Crippen LogP contribution is -2.27. The van der Waals surface area contributed by atoms with Crippen molar-refractivity contribution in [2.45, 2.75) is 25.3 Å². The van der Waals surface area contributed by atoms with Crippen LogP contribution in [0.5, 0.6) is 0 Å². The number of halogens is 1. The average Bonchev–Trinajstić information content (AvgIpc) is 2.92. The molecule has 4 nitrogen and oxygen atoms in total. The lowest BCUT2D eigenvalue weighted by molar-refractivity contribution is 0.0935. The van der Waals surface area contributed by atoms with Crippen LogP contribution < -0.4 is 5.32 Å². The molecule has 0 fully saturated rings. The van der Waals surface area contributed by atoms with E-state index in [1.165, 1.54) is 12.1 Å². The minimum atomic E-state index is -0.281. The third-order valence-corrected chi connectivity index (χ3v) is 4.45. The standard InChI is InChI=1S/C15H16FN3OS/c1-10(11-2-4-12(16)5-3-11)17-15(20)13-8-19-6-7-21-9-14(19)18-13/h2-5,8,10H,6-7,9H2,1H3,(H,17,20). The Morgan fingerprint density at radius 1 is 1.43 bits per heavy atom. The third kappa shape index (κ3) is 3.10. The molecule has 0 saturated heterocycles. The Labute approximate surface area is 126 Å². The Hall–Kier alpha value is -1.82. The largest absolute Gasteiger partial charge is 0.344 e. The van der Waals surface area contributed by atoms with E-state index in [9.17, 15) is 9.18 Å². The van der Waals surface area contributed by atoms with E-state index in [4.69, 9.17) is 0 Å². The first-order valence-corrected chi connectivity index (χ1v) is 7.99. The van der Waals surface area contributed by atoms with Gasteiger partial charge in [-0.25, -0.2) is 9.37 Å². The van der Waals surface area contributed by atoms with E-state index in [-0.39, 0.29) is 17.8 Å². The van der Waals surface area contributed by atoms with E-state index >= 15 is 0 Å². The Balaban J connectivity index is 1.70. The van der Waals surface area contributed by atoms with E-state index in [0.717, 1.165) is 29.4 Å². The molecule has 21 heavy (non-hydrogen) atoms. The number of amides is 1. The molecule has 0 spiro atoms. The summed E-state index contributed by atoms with van der Waals surface area (Å²) in [5.41, 5.74) is 1.31. The highest BCUT2D eigenvalue weighted by molar-refractivity contribution is 7.98. The summed E-state index contributed by atoms with van der Waals surface area (Å²) in [5.74, 6) is 2.37. The SMILES string of the molecule is CC(NC(=O)c1cn2c(n1)CSCC2)c1ccc(F)cc1. The van der Waals surface area contributed by atoms with Gasteiger partial charge in [0.05, 0.1) is 11.8 Å². The molecule has 110 valence electrons. The zero-order chi connectivity index (χ0) is 14.8. The molecule has 1 atom stereocenters. The Kier molecular flexibility index (Phi) is 3.96. The molecule has 0 bridgehead atoms. The Morgan fingerprint density at radius 2 is 2.19 bits per heavy atom. The molecule has 0 saturated carbocycles.